The van der Waals surface area contributed by atoms with E-state index in [1.807, 2.05) is 0 Å². The minimum absolute atomic E-state index is 0.141. The van der Waals surface area contributed by atoms with Crippen molar-refractivity contribution in [3.8, 4) is 0 Å². The van der Waals surface area contributed by atoms with Gasteiger partial charge in [0.2, 0.25) is 11.8 Å². The van der Waals surface area contributed by atoms with Crippen LogP contribution in [0.5, 0.6) is 0 Å². The van der Waals surface area contributed by atoms with Crippen LogP contribution in [0.25, 0.3) is 0 Å². The molecule has 1 aromatic rings. The number of nitrogens with one attached hydrogen (secondary N) is 2. The van der Waals surface area contributed by atoms with Gasteiger partial charge in [0.1, 0.15) is 6.04 Å². The van der Waals surface area contributed by atoms with Gasteiger partial charge in [-0.05, 0) is 50.4 Å². The molecule has 2 fully saturated rings. The van der Waals surface area contributed by atoms with Crippen molar-refractivity contribution < 1.29 is 9.59 Å². The molecule has 2 saturated heterocycles. The number of anilines is 1. The highest BCUT2D eigenvalue weighted by molar-refractivity contribution is 6.01. The molecule has 0 aromatic heterocycles. The predicted octanol–water partition coefficient (Wildman–Crippen LogP) is 1.32. The molecular weight excluding hydrogens is 290 g/mol. The number of rotatable bonds is 1. The fraction of sp³-hybridized carbons (Fsp3) is 0.556. The van der Waals surface area contributed by atoms with Crippen LogP contribution in [-0.4, -0.2) is 37.5 Å². The molecule has 1 aromatic carbocycles. The topological polar surface area (TPSA) is 61.4 Å². The lowest BCUT2D eigenvalue weighted by molar-refractivity contribution is -0.134. The van der Waals surface area contributed by atoms with Crippen molar-refractivity contribution in [2.24, 2.45) is 0 Å². The van der Waals surface area contributed by atoms with E-state index in [-0.39, 0.29) is 23.3 Å². The zero-order chi connectivity index (χ0) is 15.9. The summed E-state index contributed by atoms with van der Waals surface area (Å²) in [6.45, 7) is 3.02. The van der Waals surface area contributed by atoms with Crippen LogP contribution in [-0.2, 0) is 15.0 Å². The van der Waals surface area contributed by atoms with Crippen molar-refractivity contribution in [1.29, 1.82) is 0 Å². The molecule has 23 heavy (non-hydrogen) atoms. The highest BCUT2D eigenvalue weighted by Gasteiger charge is 2.43. The molecule has 5 nitrogen and oxygen atoms in total. The maximum atomic E-state index is 12.3. The van der Waals surface area contributed by atoms with Crippen molar-refractivity contribution in [1.82, 2.24) is 10.6 Å². The maximum absolute atomic E-state index is 12.3. The van der Waals surface area contributed by atoms with Crippen LogP contribution in [0.3, 0.4) is 0 Å². The molecule has 0 saturated carbocycles. The Bertz CT molecular complexity index is 637. The van der Waals surface area contributed by atoms with Gasteiger partial charge in [0, 0.05) is 24.1 Å². The van der Waals surface area contributed by atoms with E-state index in [1.54, 1.807) is 0 Å². The van der Waals surface area contributed by atoms with Crippen molar-refractivity contribution in [2.45, 2.75) is 43.6 Å². The minimum atomic E-state index is -0.215. The summed E-state index contributed by atoms with van der Waals surface area (Å²) in [5, 5.41) is 5.96. The number of nitrogens with zero attached hydrogens (tertiary/aromatic N) is 1. The first-order valence-electron chi connectivity index (χ1n) is 8.60. The zero-order valence-corrected chi connectivity index (χ0v) is 13.3. The standard InChI is InChI=1S/C18H23N3O2/c22-16-6-5-15(17(23)20-16)21-12-9-18(7-10-19-11-8-18)13-3-1-2-4-14(13)21/h1-4,15,19H,5-12H2,(H,20,22,23). The van der Waals surface area contributed by atoms with Crippen LogP contribution in [0.2, 0.25) is 0 Å². The first-order valence-corrected chi connectivity index (χ1v) is 8.60. The lowest BCUT2D eigenvalue weighted by atomic mass is 9.68. The fourth-order valence-electron chi connectivity index (χ4n) is 4.49. The fourth-order valence-corrected chi connectivity index (χ4v) is 4.49. The van der Waals surface area contributed by atoms with E-state index < -0.39 is 0 Å². The van der Waals surface area contributed by atoms with Gasteiger partial charge < -0.3 is 10.2 Å². The van der Waals surface area contributed by atoms with E-state index >= 15 is 0 Å². The van der Waals surface area contributed by atoms with Gasteiger partial charge in [0.25, 0.3) is 0 Å². The molecule has 0 radical (unpaired) electrons. The molecule has 3 aliphatic heterocycles. The first-order chi connectivity index (χ1) is 11.2. The molecule has 2 N–H and O–H groups in total. The normalized spacial score (nSPS) is 26.8. The third kappa shape index (κ3) is 2.43. The summed E-state index contributed by atoms with van der Waals surface area (Å²) in [7, 11) is 0. The molecule has 122 valence electrons. The summed E-state index contributed by atoms with van der Waals surface area (Å²) in [4.78, 5) is 26.0. The molecule has 1 unspecified atom stereocenters. The van der Waals surface area contributed by atoms with E-state index in [4.69, 9.17) is 0 Å². The third-order valence-corrected chi connectivity index (χ3v) is 5.76. The molecule has 4 rings (SSSR count). The van der Waals surface area contributed by atoms with Gasteiger partial charge in [0.05, 0.1) is 0 Å². The number of carbonyl (C=O) groups is 2. The molecule has 1 spiro atoms. The number of carbonyl (C=O) groups excluding carboxylic acids is 2. The van der Waals surface area contributed by atoms with Gasteiger partial charge in [-0.1, -0.05) is 18.2 Å². The number of benzene rings is 1. The Hall–Kier alpha value is -1.88. The van der Waals surface area contributed by atoms with Crippen molar-refractivity contribution in [3.05, 3.63) is 29.8 Å². The summed E-state index contributed by atoms with van der Waals surface area (Å²) < 4.78 is 0. The van der Waals surface area contributed by atoms with Crippen LogP contribution in [0.15, 0.2) is 24.3 Å². The Kier molecular flexibility index (Phi) is 3.60. The summed E-state index contributed by atoms with van der Waals surface area (Å²) in [6, 6.07) is 8.32. The molecule has 0 bridgehead atoms. The number of piperidine rings is 2. The number of amides is 2. The van der Waals surface area contributed by atoms with Gasteiger partial charge >= 0.3 is 0 Å². The van der Waals surface area contributed by atoms with E-state index in [0.717, 1.165) is 38.9 Å². The van der Waals surface area contributed by atoms with Crippen LogP contribution >= 0.6 is 0 Å². The van der Waals surface area contributed by atoms with E-state index in [1.165, 1.54) is 11.3 Å². The molecule has 0 aliphatic carbocycles. The number of para-hydroxylation sites is 1. The van der Waals surface area contributed by atoms with Crippen LogP contribution < -0.4 is 15.5 Å². The molecule has 5 heteroatoms. The molecule has 3 aliphatic rings. The smallest absolute Gasteiger partial charge is 0.249 e. The number of hydrogen-bond acceptors (Lipinski definition) is 4. The molecule has 1 atom stereocenters. The zero-order valence-electron chi connectivity index (χ0n) is 13.3. The molecular formula is C18H23N3O2. The summed E-state index contributed by atoms with van der Waals surface area (Å²) in [5.74, 6) is -0.288. The second kappa shape index (κ2) is 5.64. The number of imide groups is 1. The second-order valence-corrected chi connectivity index (χ2v) is 6.96. The summed E-state index contributed by atoms with van der Waals surface area (Å²) >= 11 is 0. The Labute approximate surface area is 136 Å². The van der Waals surface area contributed by atoms with Crippen molar-refractivity contribution >= 4 is 17.5 Å². The van der Waals surface area contributed by atoms with E-state index in [2.05, 4.69) is 39.8 Å². The Morgan fingerprint density at radius 3 is 2.65 bits per heavy atom. The third-order valence-electron chi connectivity index (χ3n) is 5.76. The van der Waals surface area contributed by atoms with Gasteiger partial charge in [-0.15, -0.1) is 0 Å². The predicted molar refractivity (Wildman–Crippen MR) is 88.4 cm³/mol. The van der Waals surface area contributed by atoms with Gasteiger partial charge in [-0.2, -0.15) is 0 Å². The largest absolute Gasteiger partial charge is 0.359 e. The lowest BCUT2D eigenvalue weighted by Crippen LogP contribution is -2.56. The monoisotopic (exact) mass is 313 g/mol. The number of hydrogen-bond donors (Lipinski definition) is 2. The number of fused-ring (bicyclic) bond motifs is 2. The van der Waals surface area contributed by atoms with Crippen molar-refractivity contribution in [2.75, 3.05) is 24.5 Å². The van der Waals surface area contributed by atoms with E-state index in [9.17, 15) is 9.59 Å². The van der Waals surface area contributed by atoms with E-state index in [0.29, 0.717) is 12.8 Å². The molecule has 3 heterocycles. The Morgan fingerprint density at radius 2 is 1.87 bits per heavy atom. The van der Waals surface area contributed by atoms with Crippen molar-refractivity contribution in [3.63, 3.8) is 0 Å². The van der Waals surface area contributed by atoms with Crippen LogP contribution in [0.4, 0.5) is 5.69 Å². The lowest BCUT2D eigenvalue weighted by Gasteiger charge is -2.48. The maximum Gasteiger partial charge on any atom is 0.249 e. The highest BCUT2D eigenvalue weighted by Crippen LogP contribution is 2.46. The van der Waals surface area contributed by atoms with Crippen LogP contribution in [0, 0.1) is 0 Å². The molecule has 2 amide bonds. The van der Waals surface area contributed by atoms with Gasteiger partial charge in [-0.3, -0.25) is 14.9 Å². The average Bonchev–Trinajstić information content (AvgIpc) is 2.57. The Morgan fingerprint density at radius 1 is 1.09 bits per heavy atom. The summed E-state index contributed by atoms with van der Waals surface area (Å²) in [5.41, 5.74) is 2.83. The first kappa shape index (κ1) is 14.7. The minimum Gasteiger partial charge on any atom is -0.359 e. The van der Waals surface area contributed by atoms with Gasteiger partial charge in [0.15, 0.2) is 0 Å². The Balaban J connectivity index is 1.69. The van der Waals surface area contributed by atoms with Crippen LogP contribution in [0.1, 0.15) is 37.7 Å². The average molecular weight is 313 g/mol. The highest BCUT2D eigenvalue weighted by atomic mass is 16.2. The SMILES string of the molecule is O=C1CCC(N2CCC3(CCNCC3)c3ccccc32)C(=O)N1. The van der Waals surface area contributed by atoms with Gasteiger partial charge in [-0.25, -0.2) is 0 Å². The summed E-state index contributed by atoms with van der Waals surface area (Å²) in [6.07, 6.45) is 4.46. The quantitative estimate of drug-likeness (QED) is 0.768. The second-order valence-electron chi connectivity index (χ2n) is 6.96.